The van der Waals surface area contributed by atoms with Gasteiger partial charge in [-0.25, -0.2) is 4.39 Å². The first-order valence-electron chi connectivity index (χ1n) is 5.94. The first kappa shape index (κ1) is 12.5. The fourth-order valence-corrected chi connectivity index (χ4v) is 2.11. The highest BCUT2D eigenvalue weighted by molar-refractivity contribution is 7.80. The summed E-state index contributed by atoms with van der Waals surface area (Å²) in [5.41, 5.74) is 6.79. The highest BCUT2D eigenvalue weighted by Crippen LogP contribution is 2.28. The van der Waals surface area contributed by atoms with Crippen LogP contribution in [0.5, 0.6) is 0 Å². The molecular weight excluding hydrogens is 235 g/mol. The van der Waals surface area contributed by atoms with Gasteiger partial charge in [0.1, 0.15) is 10.8 Å². The fourth-order valence-electron chi connectivity index (χ4n) is 1.99. The van der Waals surface area contributed by atoms with Gasteiger partial charge in [0.2, 0.25) is 0 Å². The minimum Gasteiger partial charge on any atom is -0.389 e. The molecule has 1 saturated carbocycles. The summed E-state index contributed by atoms with van der Waals surface area (Å²) in [6.07, 6.45) is 2.47. The molecule has 0 aromatic heterocycles. The van der Waals surface area contributed by atoms with Crippen molar-refractivity contribution in [2.45, 2.75) is 32.4 Å². The highest BCUT2D eigenvalue weighted by atomic mass is 32.1. The van der Waals surface area contributed by atoms with Crippen LogP contribution in [0.4, 0.5) is 4.39 Å². The Labute approximate surface area is 107 Å². The number of halogens is 1. The predicted molar refractivity (Wildman–Crippen MR) is 71.4 cm³/mol. The van der Waals surface area contributed by atoms with Crippen molar-refractivity contribution in [1.29, 1.82) is 0 Å². The SMILES string of the molecule is CCN(Cc1ccc(C(N)=S)cc1F)C1CC1. The maximum atomic E-state index is 13.8. The second kappa shape index (κ2) is 5.10. The molecule has 1 aliphatic rings. The number of nitrogens with two attached hydrogens (primary N) is 1. The van der Waals surface area contributed by atoms with Crippen molar-refractivity contribution < 1.29 is 4.39 Å². The zero-order valence-corrected chi connectivity index (χ0v) is 10.8. The van der Waals surface area contributed by atoms with E-state index in [2.05, 4.69) is 11.8 Å². The van der Waals surface area contributed by atoms with Crippen molar-refractivity contribution in [3.63, 3.8) is 0 Å². The van der Waals surface area contributed by atoms with E-state index in [-0.39, 0.29) is 10.8 Å². The van der Waals surface area contributed by atoms with Crippen LogP contribution in [0.2, 0.25) is 0 Å². The molecule has 0 saturated heterocycles. The minimum atomic E-state index is -0.214. The summed E-state index contributed by atoms with van der Waals surface area (Å²) >= 11 is 4.83. The summed E-state index contributed by atoms with van der Waals surface area (Å²) in [6.45, 7) is 3.74. The lowest BCUT2D eigenvalue weighted by molar-refractivity contribution is 0.265. The lowest BCUT2D eigenvalue weighted by Crippen LogP contribution is -2.25. The van der Waals surface area contributed by atoms with Crippen LogP contribution < -0.4 is 5.73 Å². The Morgan fingerprint density at radius 1 is 1.53 bits per heavy atom. The summed E-state index contributed by atoms with van der Waals surface area (Å²) < 4.78 is 13.8. The standard InChI is InChI=1S/C13H17FN2S/c1-2-16(11-5-6-11)8-10-4-3-9(13(15)17)7-12(10)14/h3-4,7,11H,2,5-6,8H2,1H3,(H2,15,17). The minimum absolute atomic E-state index is 0.214. The summed E-state index contributed by atoms with van der Waals surface area (Å²) in [5, 5.41) is 0. The van der Waals surface area contributed by atoms with Crippen LogP contribution >= 0.6 is 12.2 Å². The van der Waals surface area contributed by atoms with Gasteiger partial charge in [0.05, 0.1) is 0 Å². The van der Waals surface area contributed by atoms with Gasteiger partial charge in [-0.2, -0.15) is 0 Å². The molecule has 2 N–H and O–H groups in total. The third-order valence-electron chi connectivity index (χ3n) is 3.18. The Morgan fingerprint density at radius 2 is 2.24 bits per heavy atom. The van der Waals surface area contributed by atoms with Crippen molar-refractivity contribution in [2.24, 2.45) is 5.73 Å². The van der Waals surface area contributed by atoms with Crippen molar-refractivity contribution in [3.05, 3.63) is 35.1 Å². The first-order chi connectivity index (χ1) is 8.11. The van der Waals surface area contributed by atoms with Gasteiger partial charge in [-0.05, 0) is 25.5 Å². The van der Waals surface area contributed by atoms with Gasteiger partial charge in [0.25, 0.3) is 0 Å². The van der Waals surface area contributed by atoms with Gasteiger partial charge in [-0.1, -0.05) is 31.3 Å². The second-order valence-electron chi connectivity index (χ2n) is 4.46. The van der Waals surface area contributed by atoms with E-state index < -0.39 is 0 Å². The summed E-state index contributed by atoms with van der Waals surface area (Å²) in [4.78, 5) is 2.55. The number of benzene rings is 1. The molecule has 4 heteroatoms. The number of nitrogens with zero attached hydrogens (tertiary/aromatic N) is 1. The molecule has 92 valence electrons. The van der Waals surface area contributed by atoms with Crippen LogP contribution in [0.3, 0.4) is 0 Å². The molecule has 0 heterocycles. The number of hydrogen-bond donors (Lipinski definition) is 1. The fraction of sp³-hybridized carbons (Fsp3) is 0.462. The monoisotopic (exact) mass is 252 g/mol. The topological polar surface area (TPSA) is 29.3 Å². The second-order valence-corrected chi connectivity index (χ2v) is 4.90. The lowest BCUT2D eigenvalue weighted by atomic mass is 10.1. The number of rotatable bonds is 5. The van der Waals surface area contributed by atoms with Crippen LogP contribution in [0.1, 0.15) is 30.9 Å². The molecule has 1 aromatic carbocycles. The third kappa shape index (κ3) is 3.01. The molecule has 2 nitrogen and oxygen atoms in total. The van der Waals surface area contributed by atoms with E-state index in [1.165, 1.54) is 18.9 Å². The Bertz CT molecular complexity index is 429. The number of thiocarbonyl (C=S) groups is 1. The zero-order chi connectivity index (χ0) is 12.4. The van der Waals surface area contributed by atoms with Gasteiger partial charge in [-0.15, -0.1) is 0 Å². The van der Waals surface area contributed by atoms with Gasteiger partial charge < -0.3 is 5.73 Å². The molecule has 1 aliphatic carbocycles. The number of hydrogen-bond acceptors (Lipinski definition) is 2. The molecule has 0 amide bonds. The predicted octanol–water partition coefficient (Wildman–Crippen LogP) is 2.44. The molecule has 2 rings (SSSR count). The van der Waals surface area contributed by atoms with E-state index >= 15 is 0 Å². The first-order valence-corrected chi connectivity index (χ1v) is 6.35. The Kier molecular flexibility index (Phi) is 3.74. The normalized spacial score (nSPS) is 15.2. The molecule has 0 aliphatic heterocycles. The van der Waals surface area contributed by atoms with E-state index in [1.807, 2.05) is 0 Å². The largest absolute Gasteiger partial charge is 0.389 e. The van der Waals surface area contributed by atoms with E-state index in [0.29, 0.717) is 18.2 Å². The molecule has 17 heavy (non-hydrogen) atoms. The maximum absolute atomic E-state index is 13.8. The van der Waals surface area contributed by atoms with E-state index in [9.17, 15) is 4.39 Å². The van der Waals surface area contributed by atoms with Gasteiger partial charge in [0, 0.05) is 23.7 Å². The summed E-state index contributed by atoms with van der Waals surface area (Å²) in [6, 6.07) is 5.66. The average Bonchev–Trinajstić information content (AvgIpc) is 3.11. The molecule has 1 aromatic rings. The zero-order valence-electron chi connectivity index (χ0n) is 9.95. The molecule has 0 unspecified atom stereocenters. The Hall–Kier alpha value is -1.00. The van der Waals surface area contributed by atoms with Gasteiger partial charge >= 0.3 is 0 Å². The smallest absolute Gasteiger partial charge is 0.128 e. The van der Waals surface area contributed by atoms with Crippen LogP contribution in [0, 0.1) is 5.82 Å². The van der Waals surface area contributed by atoms with Crippen molar-refractivity contribution in [3.8, 4) is 0 Å². The van der Waals surface area contributed by atoms with Crippen LogP contribution in [0.15, 0.2) is 18.2 Å². The molecule has 1 fully saturated rings. The highest BCUT2D eigenvalue weighted by Gasteiger charge is 2.28. The summed E-state index contributed by atoms with van der Waals surface area (Å²) in [7, 11) is 0. The molecule has 0 atom stereocenters. The Balaban J connectivity index is 2.12. The molecule has 0 radical (unpaired) electrons. The maximum Gasteiger partial charge on any atom is 0.128 e. The van der Waals surface area contributed by atoms with E-state index in [0.717, 1.165) is 12.1 Å². The molecular formula is C13H17FN2S. The van der Waals surface area contributed by atoms with Gasteiger partial charge in [-0.3, -0.25) is 4.90 Å². The van der Waals surface area contributed by atoms with E-state index in [1.54, 1.807) is 12.1 Å². The summed E-state index contributed by atoms with van der Waals surface area (Å²) in [5.74, 6) is -0.214. The third-order valence-corrected chi connectivity index (χ3v) is 3.42. The average molecular weight is 252 g/mol. The molecule has 0 bridgehead atoms. The van der Waals surface area contributed by atoms with Crippen LogP contribution in [-0.4, -0.2) is 22.5 Å². The quantitative estimate of drug-likeness (QED) is 0.816. The van der Waals surface area contributed by atoms with Crippen molar-refractivity contribution >= 4 is 17.2 Å². The van der Waals surface area contributed by atoms with Crippen molar-refractivity contribution in [2.75, 3.05) is 6.54 Å². The van der Waals surface area contributed by atoms with Crippen molar-refractivity contribution in [1.82, 2.24) is 4.90 Å². The molecule has 0 spiro atoms. The van der Waals surface area contributed by atoms with Crippen LogP contribution in [0.25, 0.3) is 0 Å². The van der Waals surface area contributed by atoms with Gasteiger partial charge in [0.15, 0.2) is 0 Å². The van der Waals surface area contributed by atoms with Crippen LogP contribution in [-0.2, 0) is 6.54 Å². The lowest BCUT2D eigenvalue weighted by Gasteiger charge is -2.20. The Morgan fingerprint density at radius 3 is 2.71 bits per heavy atom. The van der Waals surface area contributed by atoms with E-state index in [4.69, 9.17) is 18.0 Å².